The summed E-state index contributed by atoms with van der Waals surface area (Å²) in [5.74, 6) is -1.05. The van der Waals surface area contributed by atoms with Crippen LogP contribution >= 0.6 is 0 Å². The van der Waals surface area contributed by atoms with Gasteiger partial charge in [-0.3, -0.25) is 4.79 Å². The smallest absolute Gasteiger partial charge is 0.437 e. The van der Waals surface area contributed by atoms with Gasteiger partial charge in [0.05, 0.1) is 12.6 Å². The number of amides is 1. The van der Waals surface area contributed by atoms with E-state index in [0.29, 0.717) is 12.8 Å². The van der Waals surface area contributed by atoms with Gasteiger partial charge in [-0.15, -0.1) is 0 Å². The van der Waals surface area contributed by atoms with Crippen LogP contribution in [0.25, 0.3) is 0 Å². The van der Waals surface area contributed by atoms with E-state index in [-0.39, 0.29) is 59.8 Å². The Morgan fingerprint density at radius 3 is 2.69 bits per heavy atom. The van der Waals surface area contributed by atoms with Crippen LogP contribution in [0.2, 0.25) is 0 Å². The van der Waals surface area contributed by atoms with Crippen molar-refractivity contribution >= 4 is 11.7 Å². The standard InChI is InChI=1S/C18H20F4N4O3/c1-8-7-28-14-5-9(15-24-17(29-25-15)18(20,21)22)4-13(19)12(14)6-26(8)16(27)10-2-11(23)3-10/h4-5,8,10-11,17H,2-3,6-7,23H2,1H3,(H,24,25). The Kier molecular flexibility index (Phi) is 4.89. The lowest BCUT2D eigenvalue weighted by Gasteiger charge is -2.37. The summed E-state index contributed by atoms with van der Waals surface area (Å²) in [6, 6.07) is 2.16. The molecule has 1 aromatic rings. The number of hydrogen-bond acceptors (Lipinski definition) is 6. The van der Waals surface area contributed by atoms with Crippen molar-refractivity contribution in [3.05, 3.63) is 29.1 Å². The minimum absolute atomic E-state index is 0.00870. The van der Waals surface area contributed by atoms with Gasteiger partial charge in [0.25, 0.3) is 6.23 Å². The van der Waals surface area contributed by atoms with Gasteiger partial charge >= 0.3 is 6.18 Å². The number of nitrogens with two attached hydrogens (primary N) is 1. The molecule has 2 atom stereocenters. The minimum Gasteiger partial charge on any atom is -0.491 e. The number of hydrogen-bond donors (Lipinski definition) is 2. The zero-order valence-electron chi connectivity index (χ0n) is 15.5. The van der Waals surface area contributed by atoms with Gasteiger partial charge in [0.1, 0.15) is 18.2 Å². The molecule has 3 aliphatic rings. The van der Waals surface area contributed by atoms with Crippen molar-refractivity contribution in [3.63, 3.8) is 0 Å². The third-order valence-electron chi connectivity index (χ3n) is 5.37. The van der Waals surface area contributed by atoms with Crippen LogP contribution < -0.4 is 16.0 Å². The molecule has 0 radical (unpaired) electrons. The summed E-state index contributed by atoms with van der Waals surface area (Å²) in [5, 5.41) is 0. The number of nitrogens with zero attached hydrogens (tertiary/aromatic N) is 2. The molecule has 0 spiro atoms. The van der Waals surface area contributed by atoms with Gasteiger partial charge < -0.3 is 15.4 Å². The average Bonchev–Trinajstić information content (AvgIpc) is 3.06. The maximum atomic E-state index is 14.8. The SMILES string of the molecule is CC1COc2cc(C3=NC(C(F)(F)F)ON3)cc(F)c2CN1C(=O)C1CC(N)C1. The van der Waals surface area contributed by atoms with Crippen LogP contribution in [0, 0.1) is 11.7 Å². The predicted octanol–water partition coefficient (Wildman–Crippen LogP) is 1.84. The quantitative estimate of drug-likeness (QED) is 0.719. The lowest BCUT2D eigenvalue weighted by molar-refractivity contribution is -0.220. The van der Waals surface area contributed by atoms with Gasteiger partial charge in [-0.2, -0.15) is 13.2 Å². The maximum absolute atomic E-state index is 14.8. The summed E-state index contributed by atoms with van der Waals surface area (Å²) in [6.45, 7) is 1.93. The predicted molar refractivity (Wildman–Crippen MR) is 93.2 cm³/mol. The van der Waals surface area contributed by atoms with E-state index in [2.05, 4.69) is 15.3 Å². The van der Waals surface area contributed by atoms with E-state index in [1.165, 1.54) is 6.07 Å². The molecule has 158 valence electrons. The number of hydroxylamine groups is 1. The topological polar surface area (TPSA) is 89.2 Å². The number of carbonyl (C=O) groups is 1. The first-order valence-electron chi connectivity index (χ1n) is 9.21. The first kappa shape index (κ1) is 19.9. The molecule has 0 aromatic heterocycles. The van der Waals surface area contributed by atoms with E-state index in [1.807, 2.05) is 0 Å². The number of nitrogens with one attached hydrogen (secondary N) is 1. The van der Waals surface area contributed by atoms with Crippen LogP contribution in [-0.2, 0) is 16.2 Å². The first-order valence-corrected chi connectivity index (χ1v) is 9.21. The van der Waals surface area contributed by atoms with Gasteiger partial charge in [0.2, 0.25) is 5.91 Å². The molecule has 11 heteroatoms. The molecule has 0 saturated heterocycles. The third-order valence-corrected chi connectivity index (χ3v) is 5.37. The summed E-state index contributed by atoms with van der Waals surface area (Å²) >= 11 is 0. The molecule has 1 amide bonds. The van der Waals surface area contributed by atoms with E-state index < -0.39 is 18.2 Å². The molecule has 2 aliphatic heterocycles. The van der Waals surface area contributed by atoms with E-state index in [9.17, 15) is 22.4 Å². The molecule has 0 bridgehead atoms. The normalized spacial score (nSPS) is 29.2. The number of fused-ring (bicyclic) bond motifs is 1. The van der Waals surface area contributed by atoms with Crippen molar-refractivity contribution in [2.24, 2.45) is 16.6 Å². The van der Waals surface area contributed by atoms with Crippen molar-refractivity contribution in [2.75, 3.05) is 6.61 Å². The third kappa shape index (κ3) is 3.76. The number of alkyl halides is 3. The van der Waals surface area contributed by atoms with Gasteiger partial charge in [0.15, 0.2) is 5.84 Å². The Bertz CT molecular complexity index is 854. The van der Waals surface area contributed by atoms with Crippen LogP contribution in [0.5, 0.6) is 5.75 Å². The minimum atomic E-state index is -4.68. The maximum Gasteiger partial charge on any atom is 0.437 e. The highest BCUT2D eigenvalue weighted by Crippen LogP contribution is 2.34. The first-order chi connectivity index (χ1) is 13.6. The van der Waals surface area contributed by atoms with Crippen LogP contribution in [0.1, 0.15) is 30.9 Å². The zero-order chi connectivity index (χ0) is 20.9. The molecule has 7 nitrogen and oxygen atoms in total. The Morgan fingerprint density at radius 2 is 2.07 bits per heavy atom. The molecule has 1 aromatic carbocycles. The van der Waals surface area contributed by atoms with Gasteiger partial charge in [-0.1, -0.05) is 0 Å². The number of rotatable bonds is 2. The summed E-state index contributed by atoms with van der Waals surface area (Å²) in [7, 11) is 0. The molecular weight excluding hydrogens is 396 g/mol. The monoisotopic (exact) mass is 416 g/mol. The van der Waals surface area contributed by atoms with Crippen molar-refractivity contribution in [2.45, 2.75) is 50.8 Å². The number of ether oxygens (including phenoxy) is 1. The second-order valence-corrected chi connectivity index (χ2v) is 7.58. The molecule has 2 unspecified atom stereocenters. The van der Waals surface area contributed by atoms with Crippen molar-refractivity contribution in [1.82, 2.24) is 10.4 Å². The fourth-order valence-corrected chi connectivity index (χ4v) is 3.61. The van der Waals surface area contributed by atoms with E-state index in [1.54, 1.807) is 11.8 Å². The van der Waals surface area contributed by atoms with Crippen LogP contribution in [0.15, 0.2) is 17.1 Å². The van der Waals surface area contributed by atoms with Crippen LogP contribution in [0.4, 0.5) is 17.6 Å². The van der Waals surface area contributed by atoms with Gasteiger partial charge in [0, 0.05) is 23.1 Å². The molecule has 3 N–H and O–H groups in total. The molecule has 2 heterocycles. The fraction of sp³-hybridized carbons (Fsp3) is 0.556. The number of carbonyl (C=O) groups excluding carboxylic acids is 1. The van der Waals surface area contributed by atoms with Crippen molar-refractivity contribution in [3.8, 4) is 5.75 Å². The summed E-state index contributed by atoms with van der Waals surface area (Å²) in [4.78, 5) is 22.1. The van der Waals surface area contributed by atoms with E-state index in [4.69, 9.17) is 10.5 Å². The highest BCUT2D eigenvalue weighted by atomic mass is 19.4. The molecule has 1 aliphatic carbocycles. The second kappa shape index (κ2) is 7.13. The average molecular weight is 416 g/mol. The molecule has 1 fully saturated rings. The summed E-state index contributed by atoms with van der Waals surface area (Å²) in [6.07, 6.45) is -5.84. The Labute approximate surface area is 163 Å². The van der Waals surface area contributed by atoms with E-state index in [0.717, 1.165) is 6.07 Å². The number of aliphatic imine (C=N–C) groups is 1. The summed E-state index contributed by atoms with van der Waals surface area (Å²) < 4.78 is 58.7. The fourth-order valence-electron chi connectivity index (χ4n) is 3.61. The Hall–Kier alpha value is -2.40. The number of amidine groups is 1. The van der Waals surface area contributed by atoms with Crippen LogP contribution in [-0.4, -0.2) is 47.7 Å². The Morgan fingerprint density at radius 1 is 1.34 bits per heavy atom. The lowest BCUT2D eigenvalue weighted by Crippen LogP contribution is -2.49. The van der Waals surface area contributed by atoms with Gasteiger partial charge in [-0.05, 0) is 31.9 Å². The molecule has 29 heavy (non-hydrogen) atoms. The largest absolute Gasteiger partial charge is 0.491 e. The Balaban J connectivity index is 1.59. The second-order valence-electron chi connectivity index (χ2n) is 7.58. The lowest BCUT2D eigenvalue weighted by atomic mass is 9.79. The van der Waals surface area contributed by atoms with Gasteiger partial charge in [-0.25, -0.2) is 19.7 Å². The highest BCUT2D eigenvalue weighted by molar-refractivity contribution is 5.99. The zero-order valence-corrected chi connectivity index (χ0v) is 15.5. The summed E-state index contributed by atoms with van der Waals surface area (Å²) in [5.41, 5.74) is 8.07. The molecule has 1 saturated carbocycles. The number of benzene rings is 1. The van der Waals surface area contributed by atoms with Crippen molar-refractivity contribution < 1.29 is 31.9 Å². The van der Waals surface area contributed by atoms with Crippen LogP contribution in [0.3, 0.4) is 0 Å². The van der Waals surface area contributed by atoms with E-state index >= 15 is 0 Å². The van der Waals surface area contributed by atoms with Crippen molar-refractivity contribution in [1.29, 1.82) is 0 Å². The molecule has 4 rings (SSSR count). The highest BCUT2D eigenvalue weighted by Gasteiger charge is 2.45. The number of halogens is 4. The molecular formula is C18H20F4N4O3.